The van der Waals surface area contributed by atoms with E-state index in [-0.39, 0.29) is 36.1 Å². The Balaban J connectivity index is 1.13. The SMILES string of the molecule is CC(C)(CNC(=O)CCc1ccc2c(c1)[nH]c1ccncc12)COCC(C)(C)CC(=O)NCC(=O)N1CCC(O)C1. The summed E-state index contributed by atoms with van der Waals surface area (Å²) in [5, 5.41) is 17.5. The first-order valence-corrected chi connectivity index (χ1v) is 14.3. The number of carbonyl (C=O) groups excluding carboxylic acids is 3. The number of aliphatic hydroxyl groups excluding tert-OH is 1. The maximum Gasteiger partial charge on any atom is 0.242 e. The van der Waals surface area contributed by atoms with Crippen LogP contribution in [0.5, 0.6) is 0 Å². The number of likely N-dealkylation sites (tertiary alicyclic amines) is 1. The fourth-order valence-corrected chi connectivity index (χ4v) is 5.09. The van der Waals surface area contributed by atoms with Crippen LogP contribution in [0.1, 0.15) is 52.5 Å². The zero-order valence-corrected chi connectivity index (χ0v) is 24.6. The van der Waals surface area contributed by atoms with E-state index in [1.54, 1.807) is 11.1 Å². The number of hydrogen-bond acceptors (Lipinski definition) is 6. The van der Waals surface area contributed by atoms with Gasteiger partial charge in [0.05, 0.1) is 25.9 Å². The Morgan fingerprint density at radius 2 is 1.83 bits per heavy atom. The van der Waals surface area contributed by atoms with Crippen molar-refractivity contribution in [3.05, 3.63) is 42.2 Å². The predicted octanol–water partition coefficient (Wildman–Crippen LogP) is 2.93. The predicted molar refractivity (Wildman–Crippen MR) is 158 cm³/mol. The summed E-state index contributed by atoms with van der Waals surface area (Å²) in [4.78, 5) is 46.4. The number of fused-ring (bicyclic) bond motifs is 3. The lowest BCUT2D eigenvalue weighted by Gasteiger charge is -2.29. The first-order valence-electron chi connectivity index (χ1n) is 14.3. The molecule has 0 saturated carbocycles. The molecule has 10 heteroatoms. The molecule has 1 saturated heterocycles. The summed E-state index contributed by atoms with van der Waals surface area (Å²) in [7, 11) is 0. The maximum absolute atomic E-state index is 12.6. The number of amides is 3. The van der Waals surface area contributed by atoms with Crippen LogP contribution >= 0.6 is 0 Å². The van der Waals surface area contributed by atoms with Crippen LogP contribution in [-0.4, -0.2) is 83.2 Å². The second-order valence-corrected chi connectivity index (χ2v) is 12.8. The fourth-order valence-electron chi connectivity index (χ4n) is 5.09. The van der Waals surface area contributed by atoms with Gasteiger partial charge in [-0.1, -0.05) is 39.8 Å². The normalized spacial score (nSPS) is 15.9. The molecular formula is C31H43N5O5. The highest BCUT2D eigenvalue weighted by molar-refractivity contribution is 6.06. The Bertz CT molecular complexity index is 1380. The number of β-amino-alcohol motifs (C(OH)–C–C–N with tert-alkyl or cyclic N) is 1. The smallest absolute Gasteiger partial charge is 0.242 e. The lowest BCUT2D eigenvalue weighted by Crippen LogP contribution is -2.41. The van der Waals surface area contributed by atoms with Crippen molar-refractivity contribution in [2.75, 3.05) is 39.4 Å². The van der Waals surface area contributed by atoms with Crippen molar-refractivity contribution in [1.29, 1.82) is 0 Å². The highest BCUT2D eigenvalue weighted by atomic mass is 16.5. The quantitative estimate of drug-likeness (QED) is 0.252. The molecule has 4 rings (SSSR count). The number of aliphatic hydroxyl groups is 1. The number of H-pyrrole nitrogens is 1. The number of benzene rings is 1. The second-order valence-electron chi connectivity index (χ2n) is 12.8. The standard InChI is InChI=1S/C31H43N5O5/c1-30(2,14-28(39)33-16-29(40)36-12-10-22(37)17-36)19-41-20-31(3,4)18-34-27(38)8-6-21-5-7-23-24-15-32-11-9-25(24)35-26(23)13-21/h5,7,9,11,13,15,22,35,37H,6,8,10,12,14,16-20H2,1-4H3,(H,33,39)(H,34,38). The van der Waals surface area contributed by atoms with E-state index in [1.807, 2.05) is 40.0 Å². The molecule has 41 heavy (non-hydrogen) atoms. The molecule has 1 unspecified atom stereocenters. The highest BCUT2D eigenvalue weighted by Crippen LogP contribution is 2.26. The van der Waals surface area contributed by atoms with Crippen LogP contribution in [0.3, 0.4) is 0 Å². The molecule has 4 N–H and O–H groups in total. The Kier molecular flexibility index (Phi) is 9.65. The van der Waals surface area contributed by atoms with Crippen molar-refractivity contribution in [3.8, 4) is 0 Å². The minimum Gasteiger partial charge on any atom is -0.391 e. The van der Waals surface area contributed by atoms with Crippen LogP contribution < -0.4 is 10.6 Å². The number of aryl methyl sites for hydroxylation is 1. The van der Waals surface area contributed by atoms with Crippen LogP contribution in [0.4, 0.5) is 0 Å². The van der Waals surface area contributed by atoms with Crippen molar-refractivity contribution >= 4 is 39.5 Å². The molecule has 3 heterocycles. The molecule has 0 bridgehead atoms. The van der Waals surface area contributed by atoms with Gasteiger partial charge in [-0.25, -0.2) is 0 Å². The Morgan fingerprint density at radius 1 is 1.05 bits per heavy atom. The Labute approximate surface area is 241 Å². The van der Waals surface area contributed by atoms with Crippen LogP contribution in [0.2, 0.25) is 0 Å². The molecule has 1 aromatic carbocycles. The molecule has 3 amide bonds. The van der Waals surface area contributed by atoms with Gasteiger partial charge in [-0.15, -0.1) is 0 Å². The van der Waals surface area contributed by atoms with Gasteiger partial charge in [-0.05, 0) is 36.0 Å². The monoisotopic (exact) mass is 565 g/mol. The Morgan fingerprint density at radius 3 is 2.59 bits per heavy atom. The molecule has 0 radical (unpaired) electrons. The minimum atomic E-state index is -0.478. The number of rotatable bonds is 13. The average Bonchev–Trinajstić information content (AvgIpc) is 3.52. The van der Waals surface area contributed by atoms with Crippen LogP contribution in [0.25, 0.3) is 21.8 Å². The third kappa shape index (κ3) is 8.74. The zero-order chi connectivity index (χ0) is 29.6. The summed E-state index contributed by atoms with van der Waals surface area (Å²) in [5.41, 5.74) is 2.49. The first kappa shape index (κ1) is 30.5. The molecular weight excluding hydrogens is 522 g/mol. The minimum absolute atomic E-state index is 0.00555. The number of aromatic amines is 1. The molecule has 2 aromatic heterocycles. The van der Waals surface area contributed by atoms with E-state index in [0.717, 1.165) is 27.4 Å². The van der Waals surface area contributed by atoms with E-state index in [9.17, 15) is 19.5 Å². The fraction of sp³-hybridized carbons (Fsp3) is 0.548. The highest BCUT2D eigenvalue weighted by Gasteiger charge is 2.27. The average molecular weight is 566 g/mol. The number of hydrogen-bond donors (Lipinski definition) is 4. The topological polar surface area (TPSA) is 137 Å². The van der Waals surface area contributed by atoms with Crippen molar-refractivity contribution in [2.45, 2.75) is 59.5 Å². The van der Waals surface area contributed by atoms with Crippen LogP contribution in [0, 0.1) is 10.8 Å². The van der Waals surface area contributed by atoms with Gasteiger partial charge in [-0.2, -0.15) is 0 Å². The van der Waals surface area contributed by atoms with Crippen molar-refractivity contribution in [2.24, 2.45) is 10.8 Å². The van der Waals surface area contributed by atoms with E-state index in [2.05, 4.69) is 38.8 Å². The summed E-state index contributed by atoms with van der Waals surface area (Å²) in [6, 6.07) is 8.19. The van der Waals surface area contributed by atoms with Gasteiger partial charge < -0.3 is 30.4 Å². The lowest BCUT2D eigenvalue weighted by atomic mass is 9.89. The molecule has 0 aliphatic carbocycles. The molecule has 10 nitrogen and oxygen atoms in total. The van der Waals surface area contributed by atoms with Crippen LogP contribution in [0.15, 0.2) is 36.7 Å². The molecule has 1 aliphatic rings. The summed E-state index contributed by atoms with van der Waals surface area (Å²) < 4.78 is 5.97. The number of ether oxygens (including phenoxy) is 1. The summed E-state index contributed by atoms with van der Waals surface area (Å²) >= 11 is 0. The van der Waals surface area contributed by atoms with Crippen LogP contribution in [-0.2, 0) is 25.5 Å². The largest absolute Gasteiger partial charge is 0.391 e. The van der Waals surface area contributed by atoms with Gasteiger partial charge >= 0.3 is 0 Å². The van der Waals surface area contributed by atoms with Crippen molar-refractivity contribution in [1.82, 2.24) is 25.5 Å². The number of pyridine rings is 1. The van der Waals surface area contributed by atoms with E-state index in [1.165, 1.54) is 0 Å². The maximum atomic E-state index is 12.6. The molecule has 3 aromatic rings. The van der Waals surface area contributed by atoms with E-state index in [4.69, 9.17) is 4.74 Å². The van der Waals surface area contributed by atoms with Gasteiger partial charge in [-0.3, -0.25) is 19.4 Å². The number of aromatic nitrogens is 2. The molecule has 1 fully saturated rings. The Hall–Kier alpha value is -3.50. The molecule has 222 valence electrons. The van der Waals surface area contributed by atoms with Gasteiger partial charge in [0.15, 0.2) is 0 Å². The summed E-state index contributed by atoms with van der Waals surface area (Å²) in [6.45, 7) is 10.0. The van der Waals surface area contributed by atoms with E-state index < -0.39 is 11.5 Å². The van der Waals surface area contributed by atoms with Gasteiger partial charge in [0.2, 0.25) is 17.7 Å². The summed E-state index contributed by atoms with van der Waals surface area (Å²) in [6.07, 6.45) is 4.99. The van der Waals surface area contributed by atoms with Gasteiger partial charge in [0.25, 0.3) is 0 Å². The zero-order valence-electron chi connectivity index (χ0n) is 24.6. The van der Waals surface area contributed by atoms with Gasteiger partial charge in [0, 0.05) is 72.1 Å². The lowest BCUT2D eigenvalue weighted by molar-refractivity contribution is -0.133. The molecule has 1 aliphatic heterocycles. The third-order valence-electron chi connectivity index (χ3n) is 7.45. The third-order valence-corrected chi connectivity index (χ3v) is 7.45. The van der Waals surface area contributed by atoms with Crippen molar-refractivity contribution in [3.63, 3.8) is 0 Å². The molecule has 0 spiro atoms. The first-order chi connectivity index (χ1) is 19.4. The second kappa shape index (κ2) is 13.0. The van der Waals surface area contributed by atoms with E-state index in [0.29, 0.717) is 52.1 Å². The number of nitrogens with zero attached hydrogens (tertiary/aromatic N) is 2. The van der Waals surface area contributed by atoms with E-state index >= 15 is 0 Å². The number of nitrogens with one attached hydrogen (secondary N) is 3. The van der Waals surface area contributed by atoms with Crippen molar-refractivity contribution < 1.29 is 24.2 Å². The number of carbonyl (C=O) groups is 3. The summed E-state index contributed by atoms with van der Waals surface area (Å²) in [5.74, 6) is -0.395. The van der Waals surface area contributed by atoms with Gasteiger partial charge in [0.1, 0.15) is 0 Å². The molecule has 1 atom stereocenters.